The van der Waals surface area contributed by atoms with Gasteiger partial charge in [0.25, 0.3) is 0 Å². The first kappa shape index (κ1) is 9.92. The lowest BCUT2D eigenvalue weighted by Gasteiger charge is -2.13. The molecule has 3 nitrogen and oxygen atoms in total. The lowest BCUT2D eigenvalue weighted by molar-refractivity contribution is 0.366. The number of hydrogen-bond donors (Lipinski definition) is 0. The molecule has 0 aromatic rings. The van der Waals surface area contributed by atoms with Gasteiger partial charge in [0.2, 0.25) is 10.0 Å². The van der Waals surface area contributed by atoms with Crippen LogP contribution >= 0.6 is 0 Å². The molecule has 0 aromatic carbocycles. The third-order valence-electron chi connectivity index (χ3n) is 2.22. The van der Waals surface area contributed by atoms with Crippen LogP contribution in [0.2, 0.25) is 0 Å². The summed E-state index contributed by atoms with van der Waals surface area (Å²) in [6, 6.07) is 0. The zero-order valence-electron chi connectivity index (χ0n) is 7.16. The zero-order chi connectivity index (χ0) is 9.19. The maximum atomic E-state index is 12.1. The second-order valence-corrected chi connectivity index (χ2v) is 5.33. The first-order valence-electron chi connectivity index (χ1n) is 4.14. The van der Waals surface area contributed by atoms with Crippen LogP contribution in [0, 0.1) is 5.92 Å². The minimum absolute atomic E-state index is 0.0775. The van der Waals surface area contributed by atoms with Crippen LogP contribution in [-0.4, -0.2) is 38.2 Å². The predicted octanol–water partition coefficient (Wildman–Crippen LogP) is 0.628. The lowest BCUT2D eigenvalue weighted by atomic mass is 10.1. The first-order chi connectivity index (χ1) is 5.60. The fourth-order valence-corrected chi connectivity index (χ4v) is 2.54. The number of alkyl halides is 1. The van der Waals surface area contributed by atoms with Gasteiger partial charge in [0.15, 0.2) is 0 Å². The summed E-state index contributed by atoms with van der Waals surface area (Å²) < 4.78 is 36.1. The van der Waals surface area contributed by atoms with Gasteiger partial charge in [-0.3, -0.25) is 4.39 Å². The van der Waals surface area contributed by atoms with E-state index >= 15 is 0 Å². The first-order valence-corrected chi connectivity index (χ1v) is 5.75. The van der Waals surface area contributed by atoms with Gasteiger partial charge in [-0.05, 0) is 13.3 Å². The molecule has 0 spiro atoms. The van der Waals surface area contributed by atoms with Crippen LogP contribution in [0.3, 0.4) is 0 Å². The Morgan fingerprint density at radius 1 is 1.58 bits per heavy atom. The minimum Gasteiger partial charge on any atom is -0.251 e. The summed E-state index contributed by atoms with van der Waals surface area (Å²) in [4.78, 5) is 0. The summed E-state index contributed by atoms with van der Waals surface area (Å²) in [5.41, 5.74) is 0. The van der Waals surface area contributed by atoms with Gasteiger partial charge in [-0.2, -0.15) is 0 Å². The lowest BCUT2D eigenvalue weighted by Crippen LogP contribution is -2.30. The van der Waals surface area contributed by atoms with Crippen molar-refractivity contribution in [1.82, 2.24) is 4.31 Å². The minimum atomic E-state index is -3.07. The van der Waals surface area contributed by atoms with Crippen molar-refractivity contribution in [2.75, 3.05) is 25.5 Å². The van der Waals surface area contributed by atoms with Crippen LogP contribution in [0.5, 0.6) is 0 Å². The quantitative estimate of drug-likeness (QED) is 0.662. The molecule has 1 rings (SSSR count). The van der Waals surface area contributed by atoms with Crippen molar-refractivity contribution in [2.24, 2.45) is 5.92 Å². The van der Waals surface area contributed by atoms with Gasteiger partial charge in [-0.1, -0.05) is 0 Å². The van der Waals surface area contributed by atoms with Crippen LogP contribution in [0.25, 0.3) is 0 Å². The van der Waals surface area contributed by atoms with E-state index < -0.39 is 16.7 Å². The van der Waals surface area contributed by atoms with Gasteiger partial charge in [0.1, 0.15) is 0 Å². The topological polar surface area (TPSA) is 37.4 Å². The molecule has 1 aliphatic heterocycles. The highest BCUT2D eigenvalue weighted by Gasteiger charge is 2.29. The normalized spacial score (nSPS) is 26.3. The number of rotatable bonds is 3. The van der Waals surface area contributed by atoms with Gasteiger partial charge >= 0.3 is 0 Å². The molecule has 1 unspecified atom stereocenters. The van der Waals surface area contributed by atoms with Gasteiger partial charge in [0.05, 0.1) is 12.4 Å². The Hall–Kier alpha value is -0.160. The van der Waals surface area contributed by atoms with Gasteiger partial charge in [0, 0.05) is 19.0 Å². The fraction of sp³-hybridized carbons (Fsp3) is 1.00. The molecule has 1 saturated heterocycles. The third kappa shape index (κ3) is 1.95. The molecule has 0 amide bonds. The largest absolute Gasteiger partial charge is 0.251 e. The number of nitrogens with zero attached hydrogens (tertiary/aromatic N) is 1. The van der Waals surface area contributed by atoms with Crippen molar-refractivity contribution in [3.05, 3.63) is 0 Å². The Morgan fingerprint density at radius 2 is 2.25 bits per heavy atom. The molecule has 0 saturated carbocycles. The average molecular weight is 195 g/mol. The van der Waals surface area contributed by atoms with E-state index in [-0.39, 0.29) is 11.7 Å². The van der Waals surface area contributed by atoms with Crippen LogP contribution in [-0.2, 0) is 10.0 Å². The maximum absolute atomic E-state index is 12.1. The summed E-state index contributed by atoms with van der Waals surface area (Å²) in [7, 11) is -3.07. The Balaban J connectivity index is 2.58. The van der Waals surface area contributed by atoms with E-state index in [2.05, 4.69) is 0 Å². The summed E-state index contributed by atoms with van der Waals surface area (Å²) in [6.07, 6.45) is 0.662. The van der Waals surface area contributed by atoms with Crippen molar-refractivity contribution < 1.29 is 12.8 Å². The molecule has 0 aliphatic carbocycles. The second kappa shape index (κ2) is 3.70. The Morgan fingerprint density at radius 3 is 2.67 bits per heavy atom. The molecule has 0 bridgehead atoms. The van der Waals surface area contributed by atoms with E-state index in [4.69, 9.17) is 0 Å². The molecule has 5 heteroatoms. The predicted molar refractivity (Wildman–Crippen MR) is 45.1 cm³/mol. The second-order valence-electron chi connectivity index (χ2n) is 3.07. The molecule has 0 aromatic heterocycles. The summed E-state index contributed by atoms with van der Waals surface area (Å²) >= 11 is 0. The zero-order valence-corrected chi connectivity index (χ0v) is 7.98. The summed E-state index contributed by atoms with van der Waals surface area (Å²) in [5, 5.41) is 0. The van der Waals surface area contributed by atoms with Crippen molar-refractivity contribution >= 4 is 10.0 Å². The van der Waals surface area contributed by atoms with Gasteiger partial charge in [-0.15, -0.1) is 0 Å². The number of sulfonamides is 1. The molecule has 1 atom stereocenters. The summed E-state index contributed by atoms with van der Waals surface area (Å²) in [6.45, 7) is 2.06. The average Bonchev–Trinajstić information content (AvgIpc) is 2.52. The fourth-order valence-electron chi connectivity index (χ4n) is 1.36. The Bertz CT molecular complexity index is 240. The molecule has 12 heavy (non-hydrogen) atoms. The molecule has 1 fully saturated rings. The summed E-state index contributed by atoms with van der Waals surface area (Å²) in [5.74, 6) is 0.0396. The highest BCUT2D eigenvalue weighted by Crippen LogP contribution is 2.19. The van der Waals surface area contributed by atoms with Crippen LogP contribution < -0.4 is 0 Å². The molecule has 0 radical (unpaired) electrons. The van der Waals surface area contributed by atoms with E-state index in [1.807, 2.05) is 0 Å². The Labute approximate surface area is 72.6 Å². The monoisotopic (exact) mass is 195 g/mol. The van der Waals surface area contributed by atoms with E-state index in [9.17, 15) is 12.8 Å². The van der Waals surface area contributed by atoms with Crippen molar-refractivity contribution in [3.8, 4) is 0 Å². The van der Waals surface area contributed by atoms with Crippen LogP contribution in [0.15, 0.2) is 0 Å². The number of halogens is 1. The molecule has 1 heterocycles. The Kier molecular flexibility index (Phi) is 3.06. The van der Waals surface area contributed by atoms with E-state index in [0.717, 1.165) is 0 Å². The highest BCUT2D eigenvalue weighted by atomic mass is 32.2. The van der Waals surface area contributed by atoms with Crippen molar-refractivity contribution in [3.63, 3.8) is 0 Å². The molecule has 1 aliphatic rings. The highest BCUT2D eigenvalue weighted by molar-refractivity contribution is 7.89. The number of hydrogen-bond acceptors (Lipinski definition) is 2. The molecular weight excluding hydrogens is 181 g/mol. The van der Waals surface area contributed by atoms with Crippen molar-refractivity contribution in [2.45, 2.75) is 13.3 Å². The van der Waals surface area contributed by atoms with Crippen LogP contribution in [0.4, 0.5) is 4.39 Å². The van der Waals surface area contributed by atoms with E-state index in [1.54, 1.807) is 6.92 Å². The van der Waals surface area contributed by atoms with Crippen molar-refractivity contribution in [1.29, 1.82) is 0 Å². The van der Waals surface area contributed by atoms with E-state index in [1.165, 1.54) is 4.31 Å². The third-order valence-corrected chi connectivity index (χ3v) is 4.07. The van der Waals surface area contributed by atoms with E-state index in [0.29, 0.717) is 19.5 Å². The van der Waals surface area contributed by atoms with Gasteiger partial charge in [-0.25, -0.2) is 12.7 Å². The standard InChI is InChI=1S/C7H14FNO2S/c1-2-12(10,11)9-4-3-7(5-8)6-9/h7H,2-6H2,1H3. The molecular formula is C7H14FNO2S. The van der Waals surface area contributed by atoms with Gasteiger partial charge < -0.3 is 0 Å². The SMILES string of the molecule is CCS(=O)(=O)N1CCC(CF)C1. The molecule has 0 N–H and O–H groups in total. The smallest absolute Gasteiger partial charge is 0.213 e. The van der Waals surface area contributed by atoms with Crippen LogP contribution in [0.1, 0.15) is 13.3 Å². The maximum Gasteiger partial charge on any atom is 0.213 e. The molecule has 72 valence electrons.